The Morgan fingerprint density at radius 1 is 0.286 bits per heavy atom. The average Bonchev–Trinajstić information content (AvgIpc) is 3.20. The summed E-state index contributed by atoms with van der Waals surface area (Å²) in [6.07, 6.45) is 46.1. The first-order valence-corrected chi connectivity index (χ1v) is 24.8. The van der Waals surface area contributed by atoms with Crippen molar-refractivity contribution >= 4 is 17.9 Å². The van der Waals surface area contributed by atoms with Crippen LogP contribution in [0.2, 0.25) is 0 Å². The van der Waals surface area contributed by atoms with Gasteiger partial charge < -0.3 is 14.2 Å². The van der Waals surface area contributed by atoms with Gasteiger partial charge in [0.1, 0.15) is 19.8 Å². The first kappa shape index (κ1) is 54.4. The zero-order valence-corrected chi connectivity index (χ0v) is 38.1. The van der Waals surface area contributed by atoms with E-state index in [1.165, 1.54) is 173 Å². The molecule has 0 amide bonds. The Morgan fingerprint density at radius 2 is 0.446 bits per heavy atom. The van der Waals surface area contributed by atoms with E-state index in [0.717, 1.165) is 57.8 Å². The van der Waals surface area contributed by atoms with Gasteiger partial charge in [-0.25, -0.2) is 0 Å². The normalized spacial score (nSPS) is 11.6. The van der Waals surface area contributed by atoms with Crippen molar-refractivity contribution in [1.29, 1.82) is 0 Å². The first-order chi connectivity index (χ1) is 27.4. The van der Waals surface area contributed by atoms with Gasteiger partial charge in [-0.2, -0.15) is 0 Å². The molecule has 0 aromatic carbocycles. The molecule has 6 heteroatoms. The summed E-state index contributed by atoms with van der Waals surface area (Å²) in [6, 6.07) is 0. The monoisotopic (exact) mass is 793 g/mol. The summed E-state index contributed by atoms with van der Waals surface area (Å²) in [5.74, 6) is -0.683. The van der Waals surface area contributed by atoms with Crippen LogP contribution in [0.15, 0.2) is 0 Å². The van der Waals surface area contributed by atoms with E-state index in [2.05, 4.69) is 20.8 Å². The van der Waals surface area contributed by atoms with Crippen LogP contribution in [0, 0.1) is 5.41 Å². The van der Waals surface area contributed by atoms with Crippen LogP contribution >= 0.6 is 0 Å². The molecule has 6 nitrogen and oxygen atoms in total. The van der Waals surface area contributed by atoms with E-state index in [1.54, 1.807) is 0 Å². The third-order valence-corrected chi connectivity index (χ3v) is 11.4. The fourth-order valence-electron chi connectivity index (χ4n) is 7.44. The van der Waals surface area contributed by atoms with Gasteiger partial charge in [0, 0.05) is 19.3 Å². The van der Waals surface area contributed by atoms with E-state index in [9.17, 15) is 14.4 Å². The van der Waals surface area contributed by atoms with E-state index < -0.39 is 5.41 Å². The van der Waals surface area contributed by atoms with E-state index in [4.69, 9.17) is 14.2 Å². The lowest BCUT2D eigenvalue weighted by atomic mass is 9.94. The summed E-state index contributed by atoms with van der Waals surface area (Å²) in [5.41, 5.74) is -0.773. The molecule has 56 heavy (non-hydrogen) atoms. The minimum Gasteiger partial charge on any atom is -0.465 e. The SMILES string of the molecule is CCCCCCCCCCCCCCC(=O)OCC(C)(COC(=O)CCCCCCCCCCCCCC)COC(=O)CCCCCCCCCCCCCC. The van der Waals surface area contributed by atoms with Gasteiger partial charge in [-0.3, -0.25) is 14.4 Å². The maximum Gasteiger partial charge on any atom is 0.305 e. The Kier molecular flexibility index (Phi) is 41.8. The molecule has 0 atom stereocenters. The molecule has 0 radical (unpaired) electrons. The molecule has 0 saturated heterocycles. The standard InChI is InChI=1S/C50H96O6/c1-5-8-11-14-17-20-23-26-29-32-35-38-41-47(51)54-44-50(4,45-55-48(52)42-39-36-33-30-27-24-21-18-15-12-9-6-2)46-56-49(53)43-40-37-34-31-28-25-22-19-16-13-10-7-3/h5-46H2,1-4H3. The molecule has 0 aromatic rings. The highest BCUT2D eigenvalue weighted by molar-refractivity contribution is 5.70. The van der Waals surface area contributed by atoms with Gasteiger partial charge in [0.2, 0.25) is 0 Å². The minimum absolute atomic E-state index is 0.0713. The summed E-state index contributed by atoms with van der Waals surface area (Å²) in [7, 11) is 0. The third-order valence-electron chi connectivity index (χ3n) is 11.4. The van der Waals surface area contributed by atoms with Crippen molar-refractivity contribution in [1.82, 2.24) is 0 Å². The number of carbonyl (C=O) groups is 3. The second kappa shape index (κ2) is 43.0. The fourth-order valence-corrected chi connectivity index (χ4v) is 7.44. The van der Waals surface area contributed by atoms with Crippen LogP contribution in [0.5, 0.6) is 0 Å². The van der Waals surface area contributed by atoms with Crippen molar-refractivity contribution < 1.29 is 28.6 Å². The van der Waals surface area contributed by atoms with Gasteiger partial charge in [0.15, 0.2) is 0 Å². The molecule has 0 heterocycles. The number of hydrogen-bond acceptors (Lipinski definition) is 6. The van der Waals surface area contributed by atoms with Gasteiger partial charge in [0.25, 0.3) is 0 Å². The molecular weight excluding hydrogens is 697 g/mol. The average molecular weight is 793 g/mol. The molecule has 0 aliphatic heterocycles. The number of ether oxygens (including phenoxy) is 3. The second-order valence-electron chi connectivity index (χ2n) is 17.7. The van der Waals surface area contributed by atoms with Gasteiger partial charge in [-0.15, -0.1) is 0 Å². The van der Waals surface area contributed by atoms with Gasteiger partial charge >= 0.3 is 17.9 Å². The van der Waals surface area contributed by atoms with Gasteiger partial charge in [-0.1, -0.05) is 233 Å². The molecule has 0 rings (SSSR count). The topological polar surface area (TPSA) is 78.9 Å². The van der Waals surface area contributed by atoms with Crippen molar-refractivity contribution in [2.24, 2.45) is 5.41 Å². The Labute approximate surface area is 348 Å². The lowest BCUT2D eigenvalue weighted by molar-refractivity contribution is -0.160. The largest absolute Gasteiger partial charge is 0.465 e. The van der Waals surface area contributed by atoms with Gasteiger partial charge in [-0.05, 0) is 26.2 Å². The van der Waals surface area contributed by atoms with Crippen molar-refractivity contribution in [2.45, 2.75) is 278 Å². The molecule has 0 unspecified atom stereocenters. The number of carbonyl (C=O) groups excluding carboxylic acids is 3. The molecule has 0 N–H and O–H groups in total. The molecule has 332 valence electrons. The highest BCUT2D eigenvalue weighted by Gasteiger charge is 2.30. The maximum absolute atomic E-state index is 12.7. The molecule has 0 aromatic heterocycles. The van der Waals surface area contributed by atoms with E-state index in [0.29, 0.717) is 19.3 Å². The summed E-state index contributed by atoms with van der Waals surface area (Å²) in [4.78, 5) is 38.1. The van der Waals surface area contributed by atoms with Crippen LogP contribution in [0.4, 0.5) is 0 Å². The lowest BCUT2D eigenvalue weighted by Gasteiger charge is -2.28. The molecule has 0 saturated carbocycles. The summed E-state index contributed by atoms with van der Waals surface area (Å²) < 4.78 is 17.1. The molecule has 0 aliphatic carbocycles. The van der Waals surface area contributed by atoms with E-state index in [-0.39, 0.29) is 37.7 Å². The Hall–Kier alpha value is -1.59. The Bertz CT molecular complexity index is 749. The Morgan fingerprint density at radius 3 is 0.625 bits per heavy atom. The number of rotatable bonds is 45. The van der Waals surface area contributed by atoms with Crippen LogP contribution in [0.1, 0.15) is 278 Å². The lowest BCUT2D eigenvalue weighted by Crippen LogP contribution is -2.37. The predicted octanol–water partition coefficient (Wildman–Crippen LogP) is 15.9. The van der Waals surface area contributed by atoms with E-state index in [1.807, 2.05) is 6.92 Å². The van der Waals surface area contributed by atoms with Crippen molar-refractivity contribution in [3.8, 4) is 0 Å². The minimum atomic E-state index is -0.773. The number of unbranched alkanes of at least 4 members (excludes halogenated alkanes) is 33. The van der Waals surface area contributed by atoms with Crippen molar-refractivity contribution in [3.05, 3.63) is 0 Å². The van der Waals surface area contributed by atoms with Gasteiger partial charge in [0.05, 0.1) is 5.41 Å². The third kappa shape index (κ3) is 40.6. The molecule has 0 spiro atoms. The smallest absolute Gasteiger partial charge is 0.305 e. The summed E-state index contributed by atoms with van der Waals surface area (Å²) >= 11 is 0. The number of hydrogen-bond donors (Lipinski definition) is 0. The highest BCUT2D eigenvalue weighted by atomic mass is 16.6. The highest BCUT2D eigenvalue weighted by Crippen LogP contribution is 2.22. The molecule has 0 bridgehead atoms. The quantitative estimate of drug-likeness (QED) is 0.0347. The maximum atomic E-state index is 12.7. The molecular formula is C50H96O6. The number of esters is 3. The van der Waals surface area contributed by atoms with Crippen molar-refractivity contribution in [2.75, 3.05) is 19.8 Å². The summed E-state index contributed by atoms with van der Waals surface area (Å²) in [6.45, 7) is 8.89. The molecule has 0 aliphatic rings. The predicted molar refractivity (Wildman–Crippen MR) is 238 cm³/mol. The first-order valence-electron chi connectivity index (χ1n) is 24.8. The Balaban J connectivity index is 4.45. The van der Waals surface area contributed by atoms with Crippen LogP contribution < -0.4 is 0 Å². The van der Waals surface area contributed by atoms with Crippen LogP contribution in [-0.4, -0.2) is 37.7 Å². The zero-order chi connectivity index (χ0) is 41.1. The van der Waals surface area contributed by atoms with Crippen LogP contribution in [0.25, 0.3) is 0 Å². The second-order valence-corrected chi connectivity index (χ2v) is 17.7. The van der Waals surface area contributed by atoms with Crippen molar-refractivity contribution in [3.63, 3.8) is 0 Å². The van der Waals surface area contributed by atoms with E-state index >= 15 is 0 Å². The molecule has 0 fully saturated rings. The zero-order valence-electron chi connectivity index (χ0n) is 38.1. The van der Waals surface area contributed by atoms with Crippen LogP contribution in [-0.2, 0) is 28.6 Å². The fraction of sp³-hybridized carbons (Fsp3) is 0.940. The van der Waals surface area contributed by atoms with Crippen LogP contribution in [0.3, 0.4) is 0 Å². The summed E-state index contributed by atoms with van der Waals surface area (Å²) in [5, 5.41) is 0.